The molecule has 0 saturated heterocycles. The second-order valence-corrected chi connectivity index (χ2v) is 14.8. The first-order valence-corrected chi connectivity index (χ1v) is 19.2. The van der Waals surface area contributed by atoms with Crippen molar-refractivity contribution in [1.29, 1.82) is 0 Å². The first kappa shape index (κ1) is 31.6. The van der Waals surface area contributed by atoms with Gasteiger partial charge in [0, 0.05) is 23.8 Å². The van der Waals surface area contributed by atoms with Crippen LogP contribution in [0, 0.1) is 0 Å². The molecule has 0 aliphatic carbocycles. The van der Waals surface area contributed by atoms with E-state index < -0.39 is 0 Å². The Balaban J connectivity index is 1.34. The molecular weight excluding hydrogens is 661 g/mol. The number of para-hydroxylation sites is 1. The SMILES string of the molecule is CN1c2ccccc2B(c2ccccc2)c2cc3c(-c4ccccc4-c4ccccc4)cc(-c4ccccc4-c4ccccc4)c4ccc5ccc1c2c5c43. The van der Waals surface area contributed by atoms with E-state index in [-0.39, 0.29) is 6.71 Å². The van der Waals surface area contributed by atoms with E-state index in [0.717, 1.165) is 0 Å². The Morgan fingerprint density at radius 1 is 0.345 bits per heavy atom. The quantitative estimate of drug-likeness (QED) is 0.128. The first-order chi connectivity index (χ1) is 27.2. The summed E-state index contributed by atoms with van der Waals surface area (Å²) in [7, 11) is 2.24. The number of anilines is 2. The Morgan fingerprint density at radius 3 is 1.53 bits per heavy atom. The molecule has 1 nitrogen and oxygen atoms in total. The highest BCUT2D eigenvalue weighted by Gasteiger charge is 2.34. The zero-order valence-electron chi connectivity index (χ0n) is 30.6. The monoisotopic (exact) mass is 697 g/mol. The summed E-state index contributed by atoms with van der Waals surface area (Å²) in [6.07, 6.45) is 0. The van der Waals surface area contributed by atoms with Gasteiger partial charge in [-0.15, -0.1) is 0 Å². The van der Waals surface area contributed by atoms with Crippen LogP contribution < -0.4 is 21.3 Å². The van der Waals surface area contributed by atoms with Crippen molar-refractivity contribution in [3.05, 3.63) is 200 Å². The molecule has 0 aromatic heterocycles. The van der Waals surface area contributed by atoms with Crippen LogP contribution in [0.15, 0.2) is 200 Å². The molecule has 10 aromatic carbocycles. The largest absolute Gasteiger partial charge is 0.345 e. The van der Waals surface area contributed by atoms with Crippen molar-refractivity contribution < 1.29 is 0 Å². The lowest BCUT2D eigenvalue weighted by Gasteiger charge is -2.25. The topological polar surface area (TPSA) is 3.24 Å². The summed E-state index contributed by atoms with van der Waals surface area (Å²) in [5, 5.41) is 7.81. The van der Waals surface area contributed by atoms with Crippen LogP contribution >= 0.6 is 0 Å². The van der Waals surface area contributed by atoms with Crippen molar-refractivity contribution in [2.45, 2.75) is 0 Å². The number of hydrogen-bond acceptors (Lipinski definition) is 1. The third-order valence-corrected chi connectivity index (χ3v) is 11.9. The number of nitrogens with zero attached hydrogens (tertiary/aromatic N) is 1. The van der Waals surface area contributed by atoms with E-state index in [1.54, 1.807) is 0 Å². The van der Waals surface area contributed by atoms with E-state index in [1.165, 1.54) is 105 Å². The van der Waals surface area contributed by atoms with Crippen molar-refractivity contribution in [2.24, 2.45) is 0 Å². The van der Waals surface area contributed by atoms with Crippen LogP contribution in [-0.4, -0.2) is 13.8 Å². The Morgan fingerprint density at radius 2 is 0.873 bits per heavy atom. The number of benzene rings is 10. The molecule has 1 aliphatic heterocycles. The molecule has 0 unspecified atom stereocenters. The van der Waals surface area contributed by atoms with Gasteiger partial charge in [-0.1, -0.05) is 193 Å². The Kier molecular flexibility index (Phi) is 7.25. The molecule has 0 saturated carbocycles. The summed E-state index contributed by atoms with van der Waals surface area (Å²) in [5.41, 5.74) is 16.3. The number of rotatable bonds is 5. The highest BCUT2D eigenvalue weighted by molar-refractivity contribution is 6.98. The van der Waals surface area contributed by atoms with E-state index in [2.05, 4.69) is 212 Å². The molecule has 0 bridgehead atoms. The fourth-order valence-corrected chi connectivity index (χ4v) is 9.48. The van der Waals surface area contributed by atoms with Crippen molar-refractivity contribution >= 4 is 66.8 Å². The third kappa shape index (κ3) is 4.88. The summed E-state index contributed by atoms with van der Waals surface area (Å²) in [6, 6.07) is 74.2. The second-order valence-electron chi connectivity index (χ2n) is 14.8. The van der Waals surface area contributed by atoms with Crippen LogP contribution in [0.1, 0.15) is 0 Å². The van der Waals surface area contributed by atoms with E-state index in [4.69, 9.17) is 0 Å². The summed E-state index contributed by atoms with van der Waals surface area (Å²) in [5.74, 6) is 0. The minimum Gasteiger partial charge on any atom is -0.345 e. The summed E-state index contributed by atoms with van der Waals surface area (Å²) < 4.78 is 0. The zero-order valence-corrected chi connectivity index (χ0v) is 30.6. The molecular formula is C53H36BN. The molecule has 1 aliphatic rings. The molecule has 0 radical (unpaired) electrons. The summed E-state index contributed by atoms with van der Waals surface area (Å²) >= 11 is 0. The number of fused-ring (bicyclic) bond motifs is 1. The van der Waals surface area contributed by atoms with Gasteiger partial charge in [0.2, 0.25) is 6.71 Å². The van der Waals surface area contributed by atoms with Crippen molar-refractivity contribution in [3.63, 3.8) is 0 Å². The first-order valence-electron chi connectivity index (χ1n) is 19.2. The molecule has 256 valence electrons. The second kappa shape index (κ2) is 12.6. The Labute approximate surface area is 322 Å². The molecule has 0 atom stereocenters. The van der Waals surface area contributed by atoms with Gasteiger partial charge in [0.05, 0.1) is 0 Å². The molecule has 0 amide bonds. The van der Waals surface area contributed by atoms with Crippen molar-refractivity contribution in [1.82, 2.24) is 0 Å². The lowest BCUT2D eigenvalue weighted by molar-refractivity contribution is 1.23. The van der Waals surface area contributed by atoms with Gasteiger partial charge in [0.25, 0.3) is 0 Å². The molecule has 0 fully saturated rings. The number of hydrogen-bond donors (Lipinski definition) is 0. The lowest BCUT2D eigenvalue weighted by Crippen LogP contribution is -2.52. The Bertz CT molecular complexity index is 3040. The maximum atomic E-state index is 2.56. The van der Waals surface area contributed by atoms with Gasteiger partial charge in [-0.2, -0.15) is 0 Å². The molecule has 0 spiro atoms. The maximum absolute atomic E-state index is 2.56. The van der Waals surface area contributed by atoms with E-state index in [9.17, 15) is 0 Å². The van der Waals surface area contributed by atoms with Gasteiger partial charge in [-0.3, -0.25) is 0 Å². The van der Waals surface area contributed by atoms with Crippen LogP contribution in [0.2, 0.25) is 0 Å². The minimum absolute atomic E-state index is 0.0470. The summed E-state index contributed by atoms with van der Waals surface area (Å²) in [4.78, 5) is 2.42. The normalized spacial score (nSPS) is 12.4. The molecule has 0 N–H and O–H groups in total. The van der Waals surface area contributed by atoms with Crippen LogP contribution in [0.25, 0.3) is 76.8 Å². The molecule has 11 rings (SSSR count). The van der Waals surface area contributed by atoms with Crippen molar-refractivity contribution in [3.8, 4) is 44.5 Å². The predicted molar refractivity (Wildman–Crippen MR) is 237 cm³/mol. The smallest absolute Gasteiger partial charge is 0.244 e. The fourth-order valence-electron chi connectivity index (χ4n) is 9.48. The Hall–Kier alpha value is -6.90. The van der Waals surface area contributed by atoms with Gasteiger partial charge in [0.1, 0.15) is 0 Å². The highest BCUT2D eigenvalue weighted by Crippen LogP contribution is 2.49. The zero-order chi connectivity index (χ0) is 36.5. The van der Waals surface area contributed by atoms with E-state index >= 15 is 0 Å². The minimum atomic E-state index is 0.0470. The van der Waals surface area contributed by atoms with Crippen LogP contribution in [0.4, 0.5) is 11.4 Å². The van der Waals surface area contributed by atoms with Crippen LogP contribution in [0.5, 0.6) is 0 Å². The van der Waals surface area contributed by atoms with Gasteiger partial charge in [-0.25, -0.2) is 0 Å². The lowest BCUT2D eigenvalue weighted by atomic mass is 9.36. The highest BCUT2D eigenvalue weighted by atomic mass is 15.1. The van der Waals surface area contributed by atoms with E-state index in [1.807, 2.05) is 0 Å². The van der Waals surface area contributed by atoms with Gasteiger partial charge in [0.15, 0.2) is 0 Å². The van der Waals surface area contributed by atoms with Crippen LogP contribution in [0.3, 0.4) is 0 Å². The average molecular weight is 698 g/mol. The maximum Gasteiger partial charge on any atom is 0.244 e. The van der Waals surface area contributed by atoms with E-state index in [0.29, 0.717) is 0 Å². The predicted octanol–water partition coefficient (Wildman–Crippen LogP) is 11.8. The third-order valence-electron chi connectivity index (χ3n) is 11.9. The molecule has 1 heterocycles. The van der Waals surface area contributed by atoms with Gasteiger partial charge >= 0.3 is 0 Å². The van der Waals surface area contributed by atoms with Gasteiger partial charge in [-0.05, 0) is 95.1 Å². The van der Waals surface area contributed by atoms with Crippen molar-refractivity contribution in [2.75, 3.05) is 11.9 Å². The summed E-state index contributed by atoms with van der Waals surface area (Å²) in [6.45, 7) is 0.0470. The molecule has 10 aromatic rings. The van der Waals surface area contributed by atoms with Crippen LogP contribution in [-0.2, 0) is 0 Å². The molecule has 55 heavy (non-hydrogen) atoms. The van der Waals surface area contributed by atoms with Gasteiger partial charge < -0.3 is 4.90 Å². The molecule has 2 heteroatoms. The fraction of sp³-hybridized carbons (Fsp3) is 0.0189. The standard InChI is InChI=1S/C53H36BN/c1-55-49-28-16-15-27-47(49)54(38-21-9-4-10-22-38)48-34-46-45(42-26-14-12-24-40(42)36-19-7-3-8-20-36)33-44(41-25-13-11-23-39(41)35-17-5-2-6-18-35)43-31-29-37-30-32-50(55)53(48)51(37)52(43)46/h2-34H,1H3. The average Bonchev–Trinajstić information content (AvgIpc) is 3.36.